The lowest BCUT2D eigenvalue weighted by Crippen LogP contribution is -2.61. The average Bonchev–Trinajstić information content (AvgIpc) is 3.41. The quantitative estimate of drug-likeness (QED) is 0.0172. The molecule has 2 saturated heterocycles. The molecule has 0 aliphatic carbocycles. The Hall–Kier alpha value is -2.83. The fraction of sp³-hybridized carbons (Fsp3) is 0.754. The van der Waals surface area contributed by atoms with Crippen LogP contribution in [0.25, 0.3) is 0 Å². The fourth-order valence-electron chi connectivity index (χ4n) is 8.71. The topological polar surface area (TPSA) is 214 Å². The monoisotopic (exact) mass is 1060 g/mol. The first-order chi connectivity index (χ1) is 36.6. The summed E-state index contributed by atoms with van der Waals surface area (Å²) >= 11 is 0. The normalized spacial score (nSPS) is 25.2. The Morgan fingerprint density at radius 2 is 0.867 bits per heavy atom. The van der Waals surface area contributed by atoms with Gasteiger partial charge in [-0.2, -0.15) is 0 Å². The van der Waals surface area contributed by atoms with Crippen LogP contribution in [-0.2, 0) is 33.2 Å². The smallest absolute Gasteiger partial charge is 0.306 e. The van der Waals surface area contributed by atoms with E-state index in [0.717, 1.165) is 70.6 Å². The number of esters is 1. The van der Waals surface area contributed by atoms with Gasteiger partial charge >= 0.3 is 5.97 Å². The second-order valence-electron chi connectivity index (χ2n) is 20.1. The zero-order valence-electron chi connectivity index (χ0n) is 46.3. The highest BCUT2D eigenvalue weighted by Crippen LogP contribution is 2.26. The van der Waals surface area contributed by atoms with Crippen molar-refractivity contribution >= 4 is 5.97 Å². The summed E-state index contributed by atoms with van der Waals surface area (Å²) in [7, 11) is 0. The highest BCUT2D eigenvalue weighted by atomic mass is 16.7. The van der Waals surface area contributed by atoms with E-state index < -0.39 is 86.7 Å². The number of allylic oxidation sites excluding steroid dienone is 14. The SMILES string of the molecule is CC/C=C\C/C=C\C/C=C\C/C=C\C/C=C\C/C=C\CCCOCC(COC1OC(COC2OC(CO)C(O)C(O)C2O)C(O)C(O)C1O)OC(=O)CCCCCCCCCCC/C=C\CCCCCCCCCC. The Morgan fingerprint density at radius 1 is 0.453 bits per heavy atom. The molecule has 0 spiro atoms. The number of aliphatic hydroxyl groups is 7. The number of hydrogen-bond acceptors (Lipinski definition) is 14. The lowest BCUT2D eigenvalue weighted by Gasteiger charge is -2.42. The van der Waals surface area contributed by atoms with Crippen molar-refractivity contribution in [3.8, 4) is 0 Å². The van der Waals surface area contributed by atoms with Crippen LogP contribution >= 0.6 is 0 Å². The maximum atomic E-state index is 13.1. The minimum absolute atomic E-state index is 0.0166. The molecule has 75 heavy (non-hydrogen) atoms. The largest absolute Gasteiger partial charge is 0.457 e. The van der Waals surface area contributed by atoms with Crippen LogP contribution in [0.4, 0.5) is 0 Å². The van der Waals surface area contributed by atoms with Crippen molar-refractivity contribution in [3.05, 3.63) is 85.1 Å². The maximum absolute atomic E-state index is 13.1. The van der Waals surface area contributed by atoms with Crippen LogP contribution in [0.15, 0.2) is 85.1 Å². The van der Waals surface area contributed by atoms with Crippen molar-refractivity contribution < 1.29 is 69.0 Å². The van der Waals surface area contributed by atoms with Crippen molar-refractivity contribution in [2.75, 3.05) is 33.0 Å². The zero-order valence-corrected chi connectivity index (χ0v) is 46.3. The number of carbonyl (C=O) groups excluding carboxylic acids is 1. The molecular formula is C61H104O14. The summed E-state index contributed by atoms with van der Waals surface area (Å²) in [5.41, 5.74) is 0. The first kappa shape index (κ1) is 68.3. The second kappa shape index (κ2) is 47.2. The molecule has 2 fully saturated rings. The molecule has 11 atom stereocenters. The van der Waals surface area contributed by atoms with E-state index in [9.17, 15) is 40.5 Å². The molecule has 0 aromatic heterocycles. The van der Waals surface area contributed by atoms with Crippen LogP contribution in [0, 0.1) is 0 Å². The summed E-state index contributed by atoms with van der Waals surface area (Å²) in [5, 5.41) is 72.3. The molecule has 11 unspecified atom stereocenters. The Kier molecular flexibility index (Phi) is 43.0. The third-order valence-electron chi connectivity index (χ3n) is 13.4. The molecular weight excluding hydrogens is 957 g/mol. The summed E-state index contributed by atoms with van der Waals surface area (Å²) < 4.78 is 34.3. The highest BCUT2D eigenvalue weighted by molar-refractivity contribution is 5.69. The molecule has 0 bridgehead atoms. The molecule has 0 aromatic carbocycles. The van der Waals surface area contributed by atoms with Gasteiger partial charge in [-0.3, -0.25) is 4.79 Å². The fourth-order valence-corrected chi connectivity index (χ4v) is 8.71. The van der Waals surface area contributed by atoms with Gasteiger partial charge in [0.2, 0.25) is 0 Å². The van der Waals surface area contributed by atoms with Crippen LogP contribution in [0.1, 0.15) is 194 Å². The first-order valence-electron chi connectivity index (χ1n) is 29.2. The molecule has 0 amide bonds. The molecule has 7 N–H and O–H groups in total. The van der Waals surface area contributed by atoms with Crippen LogP contribution in [0.5, 0.6) is 0 Å². The van der Waals surface area contributed by atoms with Crippen LogP contribution < -0.4 is 0 Å². The second-order valence-corrected chi connectivity index (χ2v) is 20.1. The number of carbonyl (C=O) groups is 1. The van der Waals surface area contributed by atoms with E-state index in [1.54, 1.807) is 0 Å². The molecule has 2 aliphatic heterocycles. The van der Waals surface area contributed by atoms with Crippen LogP contribution in [0.2, 0.25) is 0 Å². The summed E-state index contributed by atoms with van der Waals surface area (Å²) in [6, 6.07) is 0. The Morgan fingerprint density at radius 3 is 1.37 bits per heavy atom. The van der Waals surface area contributed by atoms with E-state index >= 15 is 0 Å². The number of rotatable bonds is 46. The van der Waals surface area contributed by atoms with Crippen molar-refractivity contribution in [3.63, 3.8) is 0 Å². The predicted octanol–water partition coefficient (Wildman–Crippen LogP) is 10.4. The van der Waals surface area contributed by atoms with E-state index in [0.29, 0.717) is 13.0 Å². The highest BCUT2D eigenvalue weighted by Gasteiger charge is 2.47. The number of ether oxygens (including phenoxy) is 6. The van der Waals surface area contributed by atoms with E-state index in [1.165, 1.54) is 96.3 Å². The number of unbranched alkanes of at least 4 members (excludes halogenated alkanes) is 18. The van der Waals surface area contributed by atoms with Gasteiger partial charge in [0.25, 0.3) is 0 Å². The van der Waals surface area contributed by atoms with Gasteiger partial charge in [-0.05, 0) is 83.5 Å². The van der Waals surface area contributed by atoms with Crippen molar-refractivity contribution in [1.82, 2.24) is 0 Å². The minimum Gasteiger partial charge on any atom is -0.457 e. The Labute approximate surface area is 452 Å². The van der Waals surface area contributed by atoms with E-state index in [2.05, 4.69) is 98.9 Å². The van der Waals surface area contributed by atoms with Gasteiger partial charge < -0.3 is 64.2 Å². The molecule has 14 heteroatoms. The van der Waals surface area contributed by atoms with Gasteiger partial charge in [0.15, 0.2) is 12.6 Å². The summed E-state index contributed by atoms with van der Waals surface area (Å²) in [6.45, 7) is 3.42. The van der Waals surface area contributed by atoms with Crippen molar-refractivity contribution in [2.24, 2.45) is 0 Å². The third-order valence-corrected chi connectivity index (χ3v) is 13.4. The van der Waals surface area contributed by atoms with Crippen LogP contribution in [0.3, 0.4) is 0 Å². The van der Waals surface area contributed by atoms with Gasteiger partial charge in [0.1, 0.15) is 54.9 Å². The molecule has 0 radical (unpaired) electrons. The van der Waals surface area contributed by atoms with Gasteiger partial charge in [0, 0.05) is 13.0 Å². The summed E-state index contributed by atoms with van der Waals surface area (Å²) in [4.78, 5) is 13.1. The molecule has 0 saturated carbocycles. The Bertz CT molecular complexity index is 1560. The third kappa shape index (κ3) is 33.9. The predicted molar refractivity (Wildman–Crippen MR) is 298 cm³/mol. The zero-order chi connectivity index (χ0) is 54.4. The molecule has 2 heterocycles. The lowest BCUT2D eigenvalue weighted by atomic mass is 9.98. The van der Waals surface area contributed by atoms with Gasteiger partial charge in [-0.25, -0.2) is 0 Å². The standard InChI is InChI=1S/C61H104O14/c1-3-5-7-9-11-13-15-17-19-21-23-25-26-28-30-32-34-36-38-40-42-44-53(63)73-50(47-70-45-43-41-39-37-35-33-31-29-27-24-22-20-18-16-14-12-10-8-6-4-2)48-71-60-59(69)57(67)55(65)52(75-60)49-72-61-58(68)56(66)54(64)51(46-62)74-61/h6,8,12,14,18,20-21,23-24,27,31,33,37,39,50-52,54-62,64-69H,3-5,7,9-11,13,15-17,19,22,25-26,28-30,32,34-36,38,40-49H2,1-2H3/b8-6-,14-12-,20-18-,23-21-,27-24-,33-31-,39-37-. The van der Waals surface area contributed by atoms with E-state index in [1.807, 2.05) is 0 Å². The first-order valence-corrected chi connectivity index (χ1v) is 29.2. The molecule has 14 nitrogen and oxygen atoms in total. The summed E-state index contributed by atoms with van der Waals surface area (Å²) in [6.07, 6.45) is 45.1. The molecule has 0 aromatic rings. The van der Waals surface area contributed by atoms with Crippen molar-refractivity contribution in [2.45, 2.75) is 261 Å². The van der Waals surface area contributed by atoms with E-state index in [-0.39, 0.29) is 19.6 Å². The van der Waals surface area contributed by atoms with Crippen molar-refractivity contribution in [1.29, 1.82) is 0 Å². The van der Waals surface area contributed by atoms with E-state index in [4.69, 9.17) is 28.4 Å². The van der Waals surface area contributed by atoms with Crippen LogP contribution in [-0.4, -0.2) is 142 Å². The minimum atomic E-state index is -1.72. The average molecular weight is 1060 g/mol. The van der Waals surface area contributed by atoms with Gasteiger partial charge in [0.05, 0.1) is 26.4 Å². The number of hydrogen-bond donors (Lipinski definition) is 7. The Balaban J connectivity index is 1.75. The molecule has 2 aliphatic rings. The van der Waals surface area contributed by atoms with Gasteiger partial charge in [-0.15, -0.1) is 0 Å². The lowest BCUT2D eigenvalue weighted by molar-refractivity contribution is -0.332. The molecule has 2 rings (SSSR count). The molecule has 432 valence electrons. The van der Waals surface area contributed by atoms with Gasteiger partial charge in [-0.1, -0.05) is 189 Å². The summed E-state index contributed by atoms with van der Waals surface area (Å²) in [5.74, 6) is -0.400. The maximum Gasteiger partial charge on any atom is 0.306 e. The number of aliphatic hydroxyl groups excluding tert-OH is 7.